The lowest BCUT2D eigenvalue weighted by Gasteiger charge is -2.35. The van der Waals surface area contributed by atoms with Crippen LogP contribution in [0, 0.1) is 0 Å². The van der Waals surface area contributed by atoms with Crippen LogP contribution >= 0.6 is 0 Å². The molecule has 6 aromatic rings. The van der Waals surface area contributed by atoms with Crippen molar-refractivity contribution in [1.82, 2.24) is 44.1 Å². The Bertz CT molecular complexity index is 5450. The Hall–Kier alpha value is -9.48. The topological polar surface area (TPSA) is 187 Å². The van der Waals surface area contributed by atoms with Gasteiger partial charge in [0, 0.05) is 155 Å². The van der Waals surface area contributed by atoms with Crippen LogP contribution in [-0.4, -0.2) is 197 Å². The number of ether oxygens (including phenoxy) is 6. The number of hydrogen-bond donors (Lipinski definition) is 0. The summed E-state index contributed by atoms with van der Waals surface area (Å²) in [6, 6.07) is 22.6. The summed E-state index contributed by atoms with van der Waals surface area (Å²) in [5.74, 6) is -6.23. The van der Waals surface area contributed by atoms with E-state index in [1.54, 1.807) is 0 Å². The van der Waals surface area contributed by atoms with Gasteiger partial charge in [0.15, 0.2) is 0 Å². The van der Waals surface area contributed by atoms with Crippen molar-refractivity contribution in [1.29, 1.82) is 0 Å². The molecule has 0 radical (unpaired) electrons. The van der Waals surface area contributed by atoms with E-state index in [0.717, 1.165) is 14.7 Å². The van der Waals surface area contributed by atoms with Crippen molar-refractivity contribution < 1.29 is 111 Å². The number of likely N-dealkylation sites (tertiary alicyclic amines) is 3. The van der Waals surface area contributed by atoms with E-state index >= 15 is 0 Å². The molecule has 0 N–H and O–H groups in total. The molecule has 6 saturated heterocycles. The fraction of sp³-hybridized carbons (Fsp3) is 0.407. The van der Waals surface area contributed by atoms with Gasteiger partial charge in [-0.2, -0.15) is 0 Å². The van der Waals surface area contributed by atoms with Gasteiger partial charge >= 0.3 is 0 Å². The van der Waals surface area contributed by atoms with Crippen LogP contribution in [-0.2, 0) is 87.5 Å². The molecule has 3 atom stereocenters. The molecule has 534 valence electrons. The zero-order chi connectivity index (χ0) is 106. The highest BCUT2D eigenvalue weighted by molar-refractivity contribution is 6.04. The highest BCUT2D eigenvalue weighted by Gasteiger charge is 2.44. The van der Waals surface area contributed by atoms with Crippen molar-refractivity contribution in [3.63, 3.8) is 0 Å². The number of amides is 6. The SMILES string of the molecule is [2H]C1([2H])CC([2H])(N2C(=O)c3cccc(OCc4ccc(CN5C([2H])([2H])C([2H])([2H])OC([2H])([2H])C5([2H])[2H])cc4)c3C2([2H])[2H])C(=O)N(C)C1=C.[2H]C1([2H])C[C@@]([2H])(N2C(=O)c3cccc(OCc4ccc(CN5C([2H])([2H])C([2H])([2H])OC([2H])([2H])C5([2H])[2H])cc4)c3C2([2H])[2H])C(=O)N(C)C1=C.[2H]C1([2H])C[C@]([2H])(N2C(=O)c3cccc(OCc4ccc(CN5C([2H])([2H])C([2H])([2H])OC([2H])([2H])C5([2H])[2H])cc4)c3C2([2H])[2H])C(=O)N(C)C1=C. The lowest BCUT2D eigenvalue weighted by molar-refractivity contribution is -0.135. The van der Waals surface area contributed by atoms with Gasteiger partial charge in [0.05, 0.1) is 87.6 Å². The maximum atomic E-state index is 13.5. The van der Waals surface area contributed by atoms with Gasteiger partial charge in [0.25, 0.3) is 17.7 Å². The normalized spacial score (nSPS) is 37.9. The van der Waals surface area contributed by atoms with Crippen LogP contribution in [0.4, 0.5) is 0 Å². The van der Waals surface area contributed by atoms with Crippen LogP contribution in [0.1, 0.15) is 173 Å². The third kappa shape index (κ3) is 16.1. The van der Waals surface area contributed by atoms with Crippen molar-refractivity contribution in [3.05, 3.63) is 231 Å². The molecule has 21 heteroatoms. The van der Waals surface area contributed by atoms with Gasteiger partial charge in [0.1, 0.15) is 55.1 Å². The van der Waals surface area contributed by atoms with Gasteiger partial charge in [-0.1, -0.05) is 111 Å². The second-order valence-electron chi connectivity index (χ2n) is 23.3. The molecule has 21 nitrogen and oxygen atoms in total. The summed E-state index contributed by atoms with van der Waals surface area (Å²) >= 11 is 0. The molecule has 102 heavy (non-hydrogen) atoms. The highest BCUT2D eigenvalue weighted by atomic mass is 16.5. The van der Waals surface area contributed by atoms with Gasteiger partial charge < -0.3 is 57.8 Å². The summed E-state index contributed by atoms with van der Waals surface area (Å²) in [5, 5.41) is 0. The largest absolute Gasteiger partial charge is 0.489 e. The molecule has 9 heterocycles. The lowest BCUT2D eigenvalue weighted by Crippen LogP contribution is -2.50. The minimum Gasteiger partial charge on any atom is -0.489 e. The Morgan fingerprint density at radius 2 is 0.627 bits per heavy atom. The molecule has 9 aliphatic rings. The van der Waals surface area contributed by atoms with Crippen LogP contribution in [0.2, 0.25) is 0 Å². The van der Waals surface area contributed by atoms with Crippen LogP contribution < -0.4 is 14.2 Å². The zero-order valence-electron chi connectivity index (χ0n) is 94.0. The lowest BCUT2D eigenvalue weighted by atomic mass is 10.0. The van der Waals surface area contributed by atoms with E-state index in [9.17, 15) is 28.8 Å². The summed E-state index contributed by atoms with van der Waals surface area (Å²) < 4.78 is 353. The number of likely N-dealkylation sites (N-methyl/N-ethyl adjacent to an activating group) is 3. The smallest absolute Gasteiger partial charge is 0.255 e. The number of carbonyl (C=O) groups is 6. The molecular weight excluding hydrogens is 1290 g/mol. The van der Waals surface area contributed by atoms with Gasteiger partial charge in [-0.3, -0.25) is 43.5 Å². The number of hydrogen-bond acceptors (Lipinski definition) is 15. The predicted octanol–water partition coefficient (Wildman–Crippen LogP) is 9.56. The molecule has 6 fully saturated rings. The van der Waals surface area contributed by atoms with E-state index in [4.69, 9.17) is 67.7 Å². The van der Waals surface area contributed by atoms with Crippen molar-refractivity contribution in [2.45, 2.75) is 115 Å². The number of piperidine rings is 3. The molecule has 6 amide bonds. The summed E-state index contributed by atoms with van der Waals surface area (Å²) in [6.45, 7) is -37.0. The minimum absolute atomic E-state index is 0.0702. The first-order chi connectivity index (χ1) is 64.0. The molecule has 9 aliphatic heterocycles. The number of benzene rings is 6. The van der Waals surface area contributed by atoms with Crippen molar-refractivity contribution >= 4 is 35.4 Å². The van der Waals surface area contributed by atoms with E-state index in [1.165, 1.54) is 149 Å². The molecule has 0 aliphatic carbocycles. The number of allylic oxidation sites excluding steroid dienone is 3. The Morgan fingerprint density at radius 3 is 0.882 bits per heavy atom. The van der Waals surface area contributed by atoms with E-state index in [2.05, 4.69) is 33.9 Å². The molecule has 15 rings (SSSR count). The Morgan fingerprint density at radius 1 is 0.382 bits per heavy atom. The third-order valence-corrected chi connectivity index (χ3v) is 16.8. The molecule has 6 aromatic carbocycles. The standard InChI is InChI=1S/3C27H31N3O4/c3*1-19-6-11-24(27(32)28(19)2)30-17-23-22(26(30)31)4-3-5-25(23)34-18-21-9-7-20(8-10-21)16-29-12-14-33-15-13-29/h3*3-5,7-10,24H,1,6,11-18H2,2H3/t2*24-;/m10./s1/i3*6D2,12D2,13D2,14D2,15D2,17D2,24D. The molecular formula is C81H93N9O12. The first kappa shape index (κ1) is 37.6. The first-order valence-corrected chi connectivity index (χ1v) is 31.4. The zero-order valence-corrected chi connectivity index (χ0v) is 55.0. The maximum absolute atomic E-state index is 13.5. The number of morpholine rings is 3. The quantitative estimate of drug-likeness (QED) is 0.0791. The van der Waals surface area contributed by atoms with E-state index < -0.39 is 209 Å². The number of fused-ring (bicyclic) bond motifs is 3. The fourth-order valence-corrected chi connectivity index (χ4v) is 11.0. The second-order valence-corrected chi connectivity index (χ2v) is 23.3. The maximum Gasteiger partial charge on any atom is 0.255 e. The summed E-state index contributed by atoms with van der Waals surface area (Å²) in [5.41, 5.74) is 0.556. The second kappa shape index (κ2) is 32.2. The monoisotopic (exact) mass is 1420 g/mol. The number of rotatable bonds is 18. The van der Waals surface area contributed by atoms with Gasteiger partial charge in [-0.05, 0) is 108 Å². The summed E-state index contributed by atoms with van der Waals surface area (Å²) in [7, 11) is 3.62. The Balaban J connectivity index is 0.000000178. The van der Waals surface area contributed by atoms with Crippen molar-refractivity contribution in [3.8, 4) is 17.2 Å². The number of carbonyl (C=O) groups excluding carboxylic acids is 6. The molecule has 0 saturated carbocycles. The first-order valence-electron chi connectivity index (χ1n) is 50.9. The average molecular weight is 1420 g/mol. The van der Waals surface area contributed by atoms with E-state index in [0.29, 0.717) is 62.8 Å². The van der Waals surface area contributed by atoms with Crippen LogP contribution in [0.15, 0.2) is 164 Å². The summed E-state index contributed by atoms with van der Waals surface area (Å²) in [4.78, 5) is 85.3. The Labute approximate surface area is 652 Å². The minimum atomic E-state index is -3.17. The third-order valence-electron chi connectivity index (χ3n) is 16.8. The fourth-order valence-electron chi connectivity index (χ4n) is 11.0. The molecule has 0 bridgehead atoms. The van der Waals surface area contributed by atoms with E-state index in [1.807, 2.05) is 0 Å². The molecule has 0 aromatic heterocycles. The highest BCUT2D eigenvalue weighted by Crippen LogP contribution is 2.39. The van der Waals surface area contributed by atoms with Crippen LogP contribution in [0.25, 0.3) is 0 Å². The van der Waals surface area contributed by atoms with Crippen LogP contribution in [0.3, 0.4) is 0 Å². The average Bonchev–Trinajstić information content (AvgIpc) is 1.68. The van der Waals surface area contributed by atoms with Gasteiger partial charge in [-0.25, -0.2) is 0 Å². The van der Waals surface area contributed by atoms with Gasteiger partial charge in [0.2, 0.25) is 17.7 Å². The molecule has 1 unspecified atom stereocenters. The molecule has 0 spiro atoms. The number of nitrogens with zero attached hydrogens (tertiary/aromatic N) is 9. The Kier molecular flexibility index (Phi) is 11.9. The predicted molar refractivity (Wildman–Crippen MR) is 384 cm³/mol. The van der Waals surface area contributed by atoms with Crippen molar-refractivity contribution in [2.75, 3.05) is 99.5 Å². The van der Waals surface area contributed by atoms with E-state index in [-0.39, 0.29) is 87.5 Å². The van der Waals surface area contributed by atoms with Crippen molar-refractivity contribution in [2.24, 2.45) is 0 Å². The van der Waals surface area contributed by atoms with Gasteiger partial charge in [-0.15, -0.1) is 0 Å². The van der Waals surface area contributed by atoms with Crippen LogP contribution in [0.5, 0.6) is 17.2 Å². The summed E-state index contributed by atoms with van der Waals surface area (Å²) in [6.07, 6.45) is -9.38.